The summed E-state index contributed by atoms with van der Waals surface area (Å²) in [6.45, 7) is 6.73. The molecule has 4 nitrogen and oxygen atoms in total. The van der Waals surface area contributed by atoms with E-state index < -0.39 is 0 Å². The van der Waals surface area contributed by atoms with Crippen molar-refractivity contribution in [2.75, 3.05) is 20.2 Å². The number of likely N-dealkylation sites (tertiary alicyclic amines) is 1. The molecule has 3 unspecified atom stereocenters. The molecule has 0 bridgehead atoms. The fourth-order valence-electron chi connectivity index (χ4n) is 3.51. The fourth-order valence-corrected chi connectivity index (χ4v) is 3.51. The molecule has 19 heavy (non-hydrogen) atoms. The molecule has 1 saturated heterocycles. The predicted molar refractivity (Wildman–Crippen MR) is 76.1 cm³/mol. The van der Waals surface area contributed by atoms with Gasteiger partial charge in [0.15, 0.2) is 0 Å². The lowest BCUT2D eigenvalue weighted by atomic mass is 9.90. The second kappa shape index (κ2) is 6.60. The molecule has 1 N–H and O–H groups in total. The van der Waals surface area contributed by atoms with E-state index >= 15 is 0 Å². The zero-order valence-corrected chi connectivity index (χ0v) is 12.5. The second-order valence-corrected chi connectivity index (χ2v) is 6.11. The standard InChI is InChI=1S/C15H28N2O2/c1-4-11-8-13(16-15(18)19-3)10-17(9-11)14(5-2)12-6-7-12/h11-14H,4-10H2,1-3H3,(H,16,18). The summed E-state index contributed by atoms with van der Waals surface area (Å²) in [5, 5.41) is 3.00. The Bertz CT molecular complexity index is 305. The molecule has 1 aliphatic carbocycles. The third-order valence-corrected chi connectivity index (χ3v) is 4.70. The number of methoxy groups -OCH3 is 1. The Morgan fingerprint density at radius 1 is 1.37 bits per heavy atom. The first-order valence-electron chi connectivity index (χ1n) is 7.76. The molecule has 2 fully saturated rings. The monoisotopic (exact) mass is 268 g/mol. The van der Waals surface area contributed by atoms with Crippen LogP contribution < -0.4 is 5.32 Å². The number of carbonyl (C=O) groups is 1. The van der Waals surface area contributed by atoms with Crippen molar-refractivity contribution in [3.05, 3.63) is 0 Å². The number of nitrogens with one attached hydrogen (secondary N) is 1. The summed E-state index contributed by atoms with van der Waals surface area (Å²) in [7, 11) is 1.44. The van der Waals surface area contributed by atoms with Gasteiger partial charge in [-0.1, -0.05) is 20.3 Å². The van der Waals surface area contributed by atoms with Crippen molar-refractivity contribution in [2.24, 2.45) is 11.8 Å². The first-order valence-corrected chi connectivity index (χ1v) is 7.76. The van der Waals surface area contributed by atoms with Gasteiger partial charge in [0, 0.05) is 25.2 Å². The Hall–Kier alpha value is -0.770. The fraction of sp³-hybridized carbons (Fsp3) is 0.933. The third kappa shape index (κ3) is 3.85. The van der Waals surface area contributed by atoms with Gasteiger partial charge >= 0.3 is 6.09 Å². The van der Waals surface area contributed by atoms with Crippen LogP contribution in [0.15, 0.2) is 0 Å². The Kier molecular flexibility index (Phi) is 5.08. The SMILES string of the molecule is CCC1CC(NC(=O)OC)CN(C(CC)C2CC2)C1. The van der Waals surface area contributed by atoms with Crippen LogP contribution in [0.2, 0.25) is 0 Å². The molecule has 1 heterocycles. The maximum Gasteiger partial charge on any atom is 0.407 e. The highest BCUT2D eigenvalue weighted by Gasteiger charge is 2.38. The highest BCUT2D eigenvalue weighted by molar-refractivity contribution is 5.67. The number of rotatable bonds is 5. The summed E-state index contributed by atoms with van der Waals surface area (Å²) in [6, 6.07) is 0.968. The van der Waals surface area contributed by atoms with E-state index in [-0.39, 0.29) is 12.1 Å². The van der Waals surface area contributed by atoms with E-state index in [0.717, 1.165) is 24.9 Å². The molecule has 1 saturated carbocycles. The normalized spacial score (nSPS) is 29.8. The van der Waals surface area contributed by atoms with E-state index in [1.807, 2.05) is 0 Å². The Morgan fingerprint density at radius 2 is 2.11 bits per heavy atom. The van der Waals surface area contributed by atoms with Crippen molar-refractivity contribution in [3.63, 3.8) is 0 Å². The first-order chi connectivity index (χ1) is 9.17. The molecule has 3 atom stereocenters. The minimum Gasteiger partial charge on any atom is -0.453 e. The number of amides is 1. The van der Waals surface area contributed by atoms with E-state index in [1.165, 1.54) is 39.3 Å². The predicted octanol–water partition coefficient (Wildman–Crippen LogP) is 2.63. The van der Waals surface area contributed by atoms with E-state index in [4.69, 9.17) is 4.74 Å². The van der Waals surface area contributed by atoms with Gasteiger partial charge in [0.25, 0.3) is 0 Å². The molecule has 2 aliphatic rings. The quantitative estimate of drug-likeness (QED) is 0.833. The number of carbonyl (C=O) groups excluding carboxylic acids is 1. The zero-order valence-electron chi connectivity index (χ0n) is 12.5. The summed E-state index contributed by atoms with van der Waals surface area (Å²) in [5.74, 6) is 1.60. The maximum absolute atomic E-state index is 11.4. The number of alkyl carbamates (subject to hydrolysis) is 1. The molecule has 0 radical (unpaired) electrons. The van der Waals surface area contributed by atoms with E-state index in [1.54, 1.807) is 0 Å². The lowest BCUT2D eigenvalue weighted by Gasteiger charge is -2.42. The van der Waals surface area contributed by atoms with E-state index in [2.05, 4.69) is 24.1 Å². The van der Waals surface area contributed by atoms with Gasteiger partial charge in [-0.05, 0) is 37.5 Å². The zero-order chi connectivity index (χ0) is 13.8. The summed E-state index contributed by atoms with van der Waals surface area (Å²) >= 11 is 0. The first kappa shape index (κ1) is 14.6. The average molecular weight is 268 g/mol. The van der Waals surface area contributed by atoms with Crippen LogP contribution in [-0.2, 0) is 4.74 Å². The van der Waals surface area contributed by atoms with Crippen molar-refractivity contribution in [3.8, 4) is 0 Å². The van der Waals surface area contributed by atoms with Crippen molar-refractivity contribution >= 4 is 6.09 Å². The van der Waals surface area contributed by atoms with Crippen LogP contribution in [0.1, 0.15) is 46.0 Å². The molecular weight excluding hydrogens is 240 g/mol. The molecule has 2 rings (SSSR count). The van der Waals surface area contributed by atoms with Crippen molar-refractivity contribution in [1.82, 2.24) is 10.2 Å². The summed E-state index contributed by atoms with van der Waals surface area (Å²) in [6.07, 6.45) is 6.00. The van der Waals surface area contributed by atoms with Gasteiger partial charge in [-0.15, -0.1) is 0 Å². The molecule has 110 valence electrons. The van der Waals surface area contributed by atoms with Gasteiger partial charge in [-0.25, -0.2) is 4.79 Å². The summed E-state index contributed by atoms with van der Waals surface area (Å²) in [4.78, 5) is 14.0. The number of ether oxygens (including phenoxy) is 1. The Morgan fingerprint density at radius 3 is 2.63 bits per heavy atom. The number of nitrogens with zero attached hydrogens (tertiary/aromatic N) is 1. The second-order valence-electron chi connectivity index (χ2n) is 6.11. The minimum atomic E-state index is -0.291. The van der Waals surface area contributed by atoms with Crippen LogP contribution in [0, 0.1) is 11.8 Å². The van der Waals surface area contributed by atoms with E-state index in [9.17, 15) is 4.79 Å². The lowest BCUT2D eigenvalue weighted by Crippen LogP contribution is -2.54. The molecule has 0 aromatic rings. The molecule has 4 heteroatoms. The molecular formula is C15H28N2O2. The van der Waals surface area contributed by atoms with Crippen molar-refractivity contribution < 1.29 is 9.53 Å². The average Bonchev–Trinajstić information content (AvgIpc) is 3.23. The lowest BCUT2D eigenvalue weighted by molar-refractivity contribution is 0.0792. The summed E-state index contributed by atoms with van der Waals surface area (Å²) < 4.78 is 4.74. The molecule has 1 amide bonds. The Balaban J connectivity index is 1.96. The number of hydrogen-bond donors (Lipinski definition) is 1. The third-order valence-electron chi connectivity index (χ3n) is 4.70. The maximum atomic E-state index is 11.4. The number of hydrogen-bond acceptors (Lipinski definition) is 3. The van der Waals surface area contributed by atoms with Crippen molar-refractivity contribution in [2.45, 2.75) is 58.0 Å². The van der Waals surface area contributed by atoms with Gasteiger partial charge < -0.3 is 10.1 Å². The molecule has 0 aromatic heterocycles. The molecule has 1 aliphatic heterocycles. The van der Waals surface area contributed by atoms with Crippen LogP contribution >= 0.6 is 0 Å². The van der Waals surface area contributed by atoms with Gasteiger partial charge in [-0.2, -0.15) is 0 Å². The highest BCUT2D eigenvalue weighted by atomic mass is 16.5. The van der Waals surface area contributed by atoms with Crippen LogP contribution in [0.5, 0.6) is 0 Å². The topological polar surface area (TPSA) is 41.6 Å². The van der Waals surface area contributed by atoms with Crippen LogP contribution in [0.25, 0.3) is 0 Å². The Labute approximate surface area is 116 Å². The van der Waals surface area contributed by atoms with Gasteiger partial charge in [0.1, 0.15) is 0 Å². The summed E-state index contributed by atoms with van der Waals surface area (Å²) in [5.41, 5.74) is 0. The molecule has 0 spiro atoms. The smallest absolute Gasteiger partial charge is 0.407 e. The highest BCUT2D eigenvalue weighted by Crippen LogP contribution is 2.38. The minimum absolute atomic E-state index is 0.249. The van der Waals surface area contributed by atoms with E-state index in [0.29, 0.717) is 5.92 Å². The molecule has 0 aromatic carbocycles. The van der Waals surface area contributed by atoms with Crippen LogP contribution in [0.3, 0.4) is 0 Å². The van der Waals surface area contributed by atoms with Crippen molar-refractivity contribution in [1.29, 1.82) is 0 Å². The van der Waals surface area contributed by atoms with Crippen LogP contribution in [0.4, 0.5) is 4.79 Å². The van der Waals surface area contributed by atoms with Crippen LogP contribution in [-0.4, -0.2) is 43.3 Å². The van der Waals surface area contributed by atoms with Gasteiger partial charge in [0.05, 0.1) is 7.11 Å². The van der Waals surface area contributed by atoms with Gasteiger partial charge in [0.2, 0.25) is 0 Å². The largest absolute Gasteiger partial charge is 0.453 e. The number of piperidine rings is 1. The van der Waals surface area contributed by atoms with Gasteiger partial charge in [-0.3, -0.25) is 4.90 Å².